The van der Waals surface area contributed by atoms with Crippen LogP contribution in [0, 0.1) is 0 Å². The highest BCUT2D eigenvalue weighted by molar-refractivity contribution is 6.09. The molecule has 2 heterocycles. The van der Waals surface area contributed by atoms with Gasteiger partial charge in [0.05, 0.1) is 0 Å². The zero-order valence-electron chi connectivity index (χ0n) is 21.7. The third-order valence-electron chi connectivity index (χ3n) is 7.71. The Morgan fingerprint density at radius 2 is 1.12 bits per heavy atom. The van der Waals surface area contributed by atoms with Gasteiger partial charge in [-0.15, -0.1) is 0 Å². The van der Waals surface area contributed by atoms with Gasteiger partial charge in [0, 0.05) is 34.0 Å². The van der Waals surface area contributed by atoms with Gasteiger partial charge in [0.25, 0.3) is 0 Å². The fraction of sp³-hybridized carbons (Fsp3) is 0. The van der Waals surface area contributed by atoms with Gasteiger partial charge in [-0.2, -0.15) is 0 Å². The maximum absolute atomic E-state index is 6.03. The van der Waals surface area contributed by atoms with Crippen molar-refractivity contribution < 1.29 is 4.42 Å². The van der Waals surface area contributed by atoms with Gasteiger partial charge in [-0.1, -0.05) is 84.9 Å². The van der Waals surface area contributed by atoms with E-state index in [4.69, 9.17) is 4.42 Å². The second kappa shape index (κ2) is 9.11. The predicted molar refractivity (Wildman–Crippen MR) is 167 cm³/mol. The molecule has 0 saturated heterocycles. The summed E-state index contributed by atoms with van der Waals surface area (Å²) in [5, 5.41) is 7.05. The Morgan fingerprint density at radius 1 is 0.450 bits per heavy atom. The van der Waals surface area contributed by atoms with E-state index >= 15 is 0 Å². The van der Waals surface area contributed by atoms with E-state index in [2.05, 4.69) is 131 Å². The molecule has 0 radical (unpaired) electrons. The number of nitrogens with zero attached hydrogens (tertiary/aromatic N) is 2. The molecule has 0 amide bonds. The molecule has 40 heavy (non-hydrogen) atoms. The smallest absolute Gasteiger partial charge is 0.227 e. The summed E-state index contributed by atoms with van der Waals surface area (Å²) in [5.41, 5.74) is 7.14. The number of furan rings is 1. The van der Waals surface area contributed by atoms with Crippen LogP contribution in [0.3, 0.4) is 0 Å². The Balaban J connectivity index is 1.32. The molecule has 0 N–H and O–H groups in total. The van der Waals surface area contributed by atoms with E-state index in [0.29, 0.717) is 5.71 Å². The number of pyridine rings is 1. The summed E-state index contributed by atoms with van der Waals surface area (Å²) in [6.45, 7) is 0. The maximum Gasteiger partial charge on any atom is 0.227 e. The molecule has 188 valence electrons. The first-order chi connectivity index (χ1) is 19.8. The Hall–Kier alpha value is -5.41. The number of hydrogen-bond donors (Lipinski definition) is 0. The Kier molecular flexibility index (Phi) is 5.14. The fourth-order valence-electron chi connectivity index (χ4n) is 5.76. The standard InChI is InChI=1S/C37H24N2O/c1-2-7-25(8-3-1)26-14-16-29(17-15-26)39(31-19-21-36-35(24-31)34-11-6-22-38-37(34)40-36)30-18-20-33-28(23-30)13-12-27-9-4-5-10-32(27)33/h1-24H. The Morgan fingerprint density at radius 3 is 2.02 bits per heavy atom. The highest BCUT2D eigenvalue weighted by Gasteiger charge is 2.17. The highest BCUT2D eigenvalue weighted by atomic mass is 16.3. The van der Waals surface area contributed by atoms with Gasteiger partial charge in [0.2, 0.25) is 5.71 Å². The molecule has 0 fully saturated rings. The number of rotatable bonds is 4. The molecule has 3 heteroatoms. The molecule has 0 aliphatic carbocycles. The number of benzene rings is 6. The summed E-state index contributed by atoms with van der Waals surface area (Å²) in [6.07, 6.45) is 1.77. The van der Waals surface area contributed by atoms with Crippen molar-refractivity contribution in [3.63, 3.8) is 0 Å². The van der Waals surface area contributed by atoms with Crippen LogP contribution in [-0.4, -0.2) is 4.98 Å². The van der Waals surface area contributed by atoms with Gasteiger partial charge in [0.1, 0.15) is 5.58 Å². The fourth-order valence-corrected chi connectivity index (χ4v) is 5.76. The van der Waals surface area contributed by atoms with E-state index in [1.807, 2.05) is 18.2 Å². The minimum Gasteiger partial charge on any atom is -0.438 e. The van der Waals surface area contributed by atoms with Crippen molar-refractivity contribution >= 4 is 60.7 Å². The normalized spacial score (nSPS) is 11.5. The van der Waals surface area contributed by atoms with Crippen molar-refractivity contribution in [3.05, 3.63) is 146 Å². The lowest BCUT2D eigenvalue weighted by atomic mass is 10.0. The molecule has 8 rings (SSSR count). The second-order valence-corrected chi connectivity index (χ2v) is 10.1. The van der Waals surface area contributed by atoms with Crippen LogP contribution in [0.25, 0.3) is 54.7 Å². The predicted octanol–water partition coefficient (Wildman–Crippen LogP) is 10.4. The van der Waals surface area contributed by atoms with Gasteiger partial charge in [-0.3, -0.25) is 0 Å². The largest absolute Gasteiger partial charge is 0.438 e. The van der Waals surface area contributed by atoms with E-state index in [-0.39, 0.29) is 0 Å². The van der Waals surface area contributed by atoms with Crippen molar-refractivity contribution in [1.82, 2.24) is 4.98 Å². The topological polar surface area (TPSA) is 29.3 Å². The summed E-state index contributed by atoms with van der Waals surface area (Å²) in [7, 11) is 0. The molecule has 0 aliphatic rings. The van der Waals surface area contributed by atoms with Crippen molar-refractivity contribution in [3.8, 4) is 11.1 Å². The van der Waals surface area contributed by atoms with Crippen LogP contribution in [0.1, 0.15) is 0 Å². The van der Waals surface area contributed by atoms with Crippen molar-refractivity contribution in [2.45, 2.75) is 0 Å². The molecule has 0 aliphatic heterocycles. The number of hydrogen-bond acceptors (Lipinski definition) is 3. The van der Waals surface area contributed by atoms with E-state index in [1.54, 1.807) is 6.20 Å². The molecular weight excluding hydrogens is 488 g/mol. The summed E-state index contributed by atoms with van der Waals surface area (Å²) in [4.78, 5) is 6.74. The van der Waals surface area contributed by atoms with Crippen LogP contribution < -0.4 is 4.90 Å². The maximum atomic E-state index is 6.03. The molecule has 0 spiro atoms. The van der Waals surface area contributed by atoms with E-state index in [0.717, 1.165) is 33.4 Å². The molecular formula is C37H24N2O. The molecule has 0 unspecified atom stereocenters. The molecule has 3 nitrogen and oxygen atoms in total. The Bertz CT molecular complexity index is 2160. The lowest BCUT2D eigenvalue weighted by Crippen LogP contribution is -2.09. The van der Waals surface area contributed by atoms with Crippen LogP contribution in [0.5, 0.6) is 0 Å². The first-order valence-corrected chi connectivity index (χ1v) is 13.5. The molecule has 0 atom stereocenters. The Labute approximate surface area is 231 Å². The van der Waals surface area contributed by atoms with E-state index in [1.165, 1.54) is 32.7 Å². The molecule has 0 bridgehead atoms. The van der Waals surface area contributed by atoms with Crippen LogP contribution in [-0.2, 0) is 0 Å². The first-order valence-electron chi connectivity index (χ1n) is 13.5. The van der Waals surface area contributed by atoms with Crippen LogP contribution in [0.2, 0.25) is 0 Å². The zero-order chi connectivity index (χ0) is 26.5. The SMILES string of the molecule is c1ccc(-c2ccc(N(c3ccc4c(ccc5ccccc54)c3)c3ccc4oc5ncccc5c4c3)cc2)cc1. The molecule has 0 saturated carbocycles. The molecule has 2 aromatic heterocycles. The monoisotopic (exact) mass is 512 g/mol. The van der Waals surface area contributed by atoms with Crippen LogP contribution in [0.4, 0.5) is 17.1 Å². The zero-order valence-corrected chi connectivity index (χ0v) is 21.7. The second-order valence-electron chi connectivity index (χ2n) is 10.1. The highest BCUT2D eigenvalue weighted by Crippen LogP contribution is 2.40. The van der Waals surface area contributed by atoms with Gasteiger partial charge < -0.3 is 9.32 Å². The third-order valence-corrected chi connectivity index (χ3v) is 7.71. The number of aromatic nitrogens is 1. The minimum absolute atomic E-state index is 0.658. The lowest BCUT2D eigenvalue weighted by molar-refractivity contribution is 0.654. The van der Waals surface area contributed by atoms with Gasteiger partial charge in [0.15, 0.2) is 0 Å². The quantitative estimate of drug-likeness (QED) is 0.220. The van der Waals surface area contributed by atoms with Gasteiger partial charge in [-0.05, 0) is 87.3 Å². The lowest BCUT2D eigenvalue weighted by Gasteiger charge is -2.26. The van der Waals surface area contributed by atoms with Crippen molar-refractivity contribution in [1.29, 1.82) is 0 Å². The molecule has 6 aromatic carbocycles. The average molecular weight is 513 g/mol. The van der Waals surface area contributed by atoms with Crippen molar-refractivity contribution in [2.24, 2.45) is 0 Å². The number of fused-ring (bicyclic) bond motifs is 6. The van der Waals surface area contributed by atoms with Gasteiger partial charge in [-0.25, -0.2) is 4.98 Å². The third kappa shape index (κ3) is 3.71. The first kappa shape index (κ1) is 22.6. The summed E-state index contributed by atoms with van der Waals surface area (Å²) in [5.74, 6) is 0. The van der Waals surface area contributed by atoms with E-state index in [9.17, 15) is 0 Å². The van der Waals surface area contributed by atoms with Crippen LogP contribution >= 0.6 is 0 Å². The van der Waals surface area contributed by atoms with Crippen LogP contribution in [0.15, 0.2) is 150 Å². The average Bonchev–Trinajstić information content (AvgIpc) is 3.40. The summed E-state index contributed by atoms with van der Waals surface area (Å²) >= 11 is 0. The minimum atomic E-state index is 0.658. The number of anilines is 3. The molecule has 8 aromatic rings. The van der Waals surface area contributed by atoms with Gasteiger partial charge >= 0.3 is 0 Å². The van der Waals surface area contributed by atoms with Crippen molar-refractivity contribution in [2.75, 3.05) is 4.90 Å². The summed E-state index contributed by atoms with van der Waals surface area (Å²) in [6, 6.07) is 49.4. The van der Waals surface area contributed by atoms with E-state index < -0.39 is 0 Å². The summed E-state index contributed by atoms with van der Waals surface area (Å²) < 4.78 is 6.03.